The number of aliphatic hydroxyl groups is 1. The summed E-state index contributed by atoms with van der Waals surface area (Å²) in [4.78, 5) is 4.08. The Morgan fingerprint density at radius 3 is 2.83 bits per heavy atom. The van der Waals surface area contributed by atoms with Crippen molar-refractivity contribution in [2.45, 2.75) is 26.4 Å². The molecule has 1 N–H and O–H groups in total. The first-order valence-corrected chi connectivity index (χ1v) is 6.01. The van der Waals surface area contributed by atoms with Crippen LogP contribution in [0.2, 0.25) is 0 Å². The number of rotatable bonds is 5. The molecule has 0 aromatic carbocycles. The molecule has 0 aliphatic rings. The minimum absolute atomic E-state index is 0.645. The van der Waals surface area contributed by atoms with Crippen molar-refractivity contribution < 1.29 is 14.3 Å². The number of aryl methyl sites for hydroxylation is 1. The number of nitrogens with zero attached hydrogens (tertiary/aromatic N) is 1. The molecule has 0 radical (unpaired) electrons. The third kappa shape index (κ3) is 2.90. The Balaban J connectivity index is 2.17. The summed E-state index contributed by atoms with van der Waals surface area (Å²) in [7, 11) is 0. The molecule has 0 spiro atoms. The second-order valence-electron chi connectivity index (χ2n) is 4.20. The lowest BCUT2D eigenvalue weighted by molar-refractivity contribution is 0.217. The van der Waals surface area contributed by atoms with Crippen LogP contribution in [0.3, 0.4) is 0 Å². The first-order chi connectivity index (χ1) is 8.70. The first kappa shape index (κ1) is 12.6. The fraction of sp³-hybridized carbons (Fsp3) is 0.357. The van der Waals surface area contributed by atoms with Crippen molar-refractivity contribution in [3.63, 3.8) is 0 Å². The Hall–Kier alpha value is -1.81. The number of hydrogen-bond acceptors (Lipinski definition) is 4. The van der Waals surface area contributed by atoms with Crippen molar-refractivity contribution in [1.29, 1.82) is 0 Å². The monoisotopic (exact) mass is 247 g/mol. The van der Waals surface area contributed by atoms with Crippen LogP contribution < -0.4 is 4.74 Å². The molecular weight excluding hydrogens is 230 g/mol. The van der Waals surface area contributed by atoms with Gasteiger partial charge in [-0.05, 0) is 25.5 Å². The molecule has 0 bridgehead atoms. The Kier molecular flexibility index (Phi) is 3.99. The van der Waals surface area contributed by atoms with Crippen molar-refractivity contribution >= 4 is 0 Å². The molecule has 1 atom stereocenters. The van der Waals surface area contributed by atoms with Gasteiger partial charge in [-0.15, -0.1) is 0 Å². The molecule has 0 aliphatic heterocycles. The molecule has 0 amide bonds. The fourth-order valence-corrected chi connectivity index (χ4v) is 1.68. The van der Waals surface area contributed by atoms with E-state index in [1.165, 1.54) is 0 Å². The van der Waals surface area contributed by atoms with E-state index >= 15 is 0 Å². The molecule has 2 rings (SSSR count). The molecule has 0 saturated carbocycles. The van der Waals surface area contributed by atoms with Gasteiger partial charge < -0.3 is 14.3 Å². The van der Waals surface area contributed by atoms with Crippen LogP contribution in [-0.2, 0) is 0 Å². The summed E-state index contributed by atoms with van der Waals surface area (Å²) < 4.78 is 10.7. The summed E-state index contributed by atoms with van der Waals surface area (Å²) in [5.41, 5.74) is 1.42. The number of aromatic nitrogens is 1. The predicted molar refractivity (Wildman–Crippen MR) is 67.5 cm³/mol. The molecule has 18 heavy (non-hydrogen) atoms. The number of furan rings is 1. The van der Waals surface area contributed by atoms with Crippen LogP contribution in [0.5, 0.6) is 5.75 Å². The zero-order valence-corrected chi connectivity index (χ0v) is 10.6. The lowest BCUT2D eigenvalue weighted by Gasteiger charge is -2.10. The maximum absolute atomic E-state index is 10.2. The Morgan fingerprint density at radius 1 is 1.33 bits per heavy atom. The van der Waals surface area contributed by atoms with Crippen molar-refractivity contribution in [2.75, 3.05) is 6.61 Å². The molecule has 2 heterocycles. The number of pyridine rings is 1. The molecule has 4 heteroatoms. The molecule has 4 nitrogen and oxygen atoms in total. The van der Waals surface area contributed by atoms with Crippen LogP contribution in [-0.4, -0.2) is 16.7 Å². The smallest absolute Gasteiger partial charge is 0.137 e. The topological polar surface area (TPSA) is 55.5 Å². The van der Waals surface area contributed by atoms with Gasteiger partial charge in [-0.2, -0.15) is 0 Å². The summed E-state index contributed by atoms with van der Waals surface area (Å²) in [6.07, 6.45) is 5.03. The minimum Gasteiger partial charge on any atom is -0.492 e. The lowest BCUT2D eigenvalue weighted by atomic mass is 10.1. The van der Waals surface area contributed by atoms with E-state index in [2.05, 4.69) is 4.98 Å². The highest BCUT2D eigenvalue weighted by Crippen LogP contribution is 2.25. The number of aliphatic hydroxyl groups excluding tert-OH is 1. The number of hydrogen-bond donors (Lipinski definition) is 1. The average molecular weight is 247 g/mol. The van der Waals surface area contributed by atoms with E-state index in [0.29, 0.717) is 17.9 Å². The zero-order chi connectivity index (χ0) is 13.0. The van der Waals surface area contributed by atoms with Crippen LogP contribution in [0.15, 0.2) is 35.2 Å². The van der Waals surface area contributed by atoms with Gasteiger partial charge in [0.15, 0.2) is 0 Å². The van der Waals surface area contributed by atoms with E-state index < -0.39 is 6.10 Å². The van der Waals surface area contributed by atoms with E-state index in [0.717, 1.165) is 17.7 Å². The summed E-state index contributed by atoms with van der Waals surface area (Å²) in [6.45, 7) is 4.53. The van der Waals surface area contributed by atoms with Crippen LogP contribution in [0.4, 0.5) is 0 Å². The van der Waals surface area contributed by atoms with Gasteiger partial charge >= 0.3 is 0 Å². The first-order valence-electron chi connectivity index (χ1n) is 6.01. The van der Waals surface area contributed by atoms with Gasteiger partial charge in [0.25, 0.3) is 0 Å². The van der Waals surface area contributed by atoms with Gasteiger partial charge in [0.1, 0.15) is 17.6 Å². The summed E-state index contributed by atoms with van der Waals surface area (Å²) >= 11 is 0. The Labute approximate surface area is 106 Å². The van der Waals surface area contributed by atoms with E-state index in [9.17, 15) is 5.11 Å². The normalized spacial score (nSPS) is 12.4. The standard InChI is InChI=1S/C14H17NO3/c1-3-4-17-13-6-11(7-15-8-13)14(16)12-5-10(2)18-9-12/h5-9,14,16H,3-4H2,1-2H3. The maximum atomic E-state index is 10.2. The molecule has 0 aliphatic carbocycles. The molecule has 0 fully saturated rings. The van der Waals surface area contributed by atoms with Gasteiger partial charge in [-0.3, -0.25) is 4.98 Å². The maximum Gasteiger partial charge on any atom is 0.137 e. The SMILES string of the molecule is CCCOc1cncc(C(O)c2coc(C)c2)c1. The van der Waals surface area contributed by atoms with Crippen molar-refractivity contribution in [3.8, 4) is 5.75 Å². The van der Waals surface area contributed by atoms with E-state index in [1.54, 1.807) is 24.7 Å². The predicted octanol–water partition coefficient (Wildman–Crippen LogP) is 2.85. The molecule has 1 unspecified atom stereocenters. The fourth-order valence-electron chi connectivity index (χ4n) is 1.68. The Morgan fingerprint density at radius 2 is 2.17 bits per heavy atom. The van der Waals surface area contributed by atoms with Crippen molar-refractivity contribution in [2.24, 2.45) is 0 Å². The molecule has 96 valence electrons. The van der Waals surface area contributed by atoms with E-state index in [-0.39, 0.29) is 0 Å². The highest BCUT2D eigenvalue weighted by molar-refractivity contribution is 5.31. The Bertz CT molecular complexity index is 507. The molecular formula is C14H17NO3. The third-order valence-electron chi connectivity index (χ3n) is 2.59. The van der Waals surface area contributed by atoms with Crippen molar-refractivity contribution in [1.82, 2.24) is 4.98 Å². The third-order valence-corrected chi connectivity index (χ3v) is 2.59. The van der Waals surface area contributed by atoms with Gasteiger partial charge in [-0.25, -0.2) is 0 Å². The highest BCUT2D eigenvalue weighted by atomic mass is 16.5. The molecule has 2 aromatic heterocycles. The highest BCUT2D eigenvalue weighted by Gasteiger charge is 2.14. The molecule has 0 saturated heterocycles. The minimum atomic E-state index is -0.736. The van der Waals surface area contributed by atoms with Gasteiger partial charge in [0.05, 0.1) is 19.1 Å². The summed E-state index contributed by atoms with van der Waals surface area (Å²) in [5, 5.41) is 10.2. The van der Waals surface area contributed by atoms with Crippen LogP contribution in [0.25, 0.3) is 0 Å². The zero-order valence-electron chi connectivity index (χ0n) is 10.6. The van der Waals surface area contributed by atoms with Gasteiger partial charge in [0, 0.05) is 17.3 Å². The quantitative estimate of drug-likeness (QED) is 0.882. The van der Waals surface area contributed by atoms with Crippen molar-refractivity contribution in [3.05, 3.63) is 47.7 Å². The second kappa shape index (κ2) is 5.69. The molecule has 2 aromatic rings. The van der Waals surface area contributed by atoms with Crippen LogP contribution in [0.1, 0.15) is 36.3 Å². The van der Waals surface area contributed by atoms with E-state index in [4.69, 9.17) is 9.15 Å². The van der Waals surface area contributed by atoms with Gasteiger partial charge in [0.2, 0.25) is 0 Å². The summed E-state index contributed by atoms with van der Waals surface area (Å²) in [5.74, 6) is 1.45. The lowest BCUT2D eigenvalue weighted by Crippen LogP contribution is -2.01. The second-order valence-corrected chi connectivity index (χ2v) is 4.20. The largest absolute Gasteiger partial charge is 0.492 e. The average Bonchev–Trinajstić information content (AvgIpc) is 2.82. The van der Waals surface area contributed by atoms with E-state index in [1.807, 2.05) is 19.9 Å². The summed E-state index contributed by atoms with van der Waals surface area (Å²) in [6, 6.07) is 3.61. The van der Waals surface area contributed by atoms with Gasteiger partial charge in [-0.1, -0.05) is 6.92 Å². The number of ether oxygens (including phenoxy) is 1. The van der Waals surface area contributed by atoms with Crippen LogP contribution >= 0.6 is 0 Å². The van der Waals surface area contributed by atoms with Crippen LogP contribution in [0, 0.1) is 6.92 Å².